The van der Waals surface area contributed by atoms with E-state index in [0.717, 1.165) is 49.1 Å². The van der Waals surface area contributed by atoms with Crippen LogP contribution in [0, 0.1) is 5.92 Å². The first kappa shape index (κ1) is 24.2. The predicted octanol–water partition coefficient (Wildman–Crippen LogP) is 6.74. The SMILES string of the molecule is CCCc1ccc(C(=O)O)c(C(=O)O)c1CCCCCCCCCCC(C)C. The molecule has 0 saturated carbocycles. The summed E-state index contributed by atoms with van der Waals surface area (Å²) in [5.74, 6) is -1.50. The summed E-state index contributed by atoms with van der Waals surface area (Å²) in [7, 11) is 0. The number of carboxylic acid groups (broad SMARTS) is 2. The Morgan fingerprint density at radius 1 is 0.821 bits per heavy atom. The van der Waals surface area contributed by atoms with Gasteiger partial charge in [-0.25, -0.2) is 9.59 Å². The molecule has 0 saturated heterocycles. The van der Waals surface area contributed by atoms with Gasteiger partial charge in [0.05, 0.1) is 11.1 Å². The van der Waals surface area contributed by atoms with Gasteiger partial charge in [-0.05, 0) is 42.4 Å². The highest BCUT2D eigenvalue weighted by Crippen LogP contribution is 2.24. The Morgan fingerprint density at radius 3 is 1.89 bits per heavy atom. The van der Waals surface area contributed by atoms with Crippen molar-refractivity contribution in [1.82, 2.24) is 0 Å². The summed E-state index contributed by atoms with van der Waals surface area (Å²) in [6.45, 7) is 6.60. The second-order valence-corrected chi connectivity index (χ2v) is 8.25. The lowest BCUT2D eigenvalue weighted by Crippen LogP contribution is -2.14. The molecule has 0 atom stereocenters. The number of aryl methyl sites for hydroxylation is 1. The van der Waals surface area contributed by atoms with E-state index in [-0.39, 0.29) is 11.1 Å². The molecule has 0 heterocycles. The van der Waals surface area contributed by atoms with Gasteiger partial charge in [-0.3, -0.25) is 0 Å². The third-order valence-electron chi connectivity index (χ3n) is 5.33. The number of carbonyl (C=O) groups is 2. The van der Waals surface area contributed by atoms with Gasteiger partial charge in [0, 0.05) is 0 Å². The number of hydrogen-bond acceptors (Lipinski definition) is 2. The zero-order chi connectivity index (χ0) is 20.9. The van der Waals surface area contributed by atoms with Gasteiger partial charge in [-0.2, -0.15) is 0 Å². The Kier molecular flexibility index (Phi) is 11.5. The summed E-state index contributed by atoms with van der Waals surface area (Å²) in [5, 5.41) is 19.0. The maximum absolute atomic E-state index is 11.7. The lowest BCUT2D eigenvalue weighted by Gasteiger charge is -2.15. The minimum atomic E-state index is -1.17. The summed E-state index contributed by atoms with van der Waals surface area (Å²) in [5.41, 5.74) is 1.60. The average molecular weight is 391 g/mol. The van der Waals surface area contributed by atoms with E-state index >= 15 is 0 Å². The Bertz CT molecular complexity index is 619. The molecule has 0 aliphatic rings. The molecule has 0 fully saturated rings. The fraction of sp³-hybridized carbons (Fsp3) is 0.667. The van der Waals surface area contributed by atoms with Crippen LogP contribution in [0.1, 0.15) is 117 Å². The fourth-order valence-electron chi connectivity index (χ4n) is 3.82. The molecule has 0 aliphatic heterocycles. The number of benzene rings is 1. The highest BCUT2D eigenvalue weighted by atomic mass is 16.4. The first-order valence-electron chi connectivity index (χ1n) is 11.0. The first-order chi connectivity index (χ1) is 13.4. The van der Waals surface area contributed by atoms with Crippen molar-refractivity contribution in [3.8, 4) is 0 Å². The standard InChI is InChI=1S/C24H38O4/c1-4-13-19-16-17-21(23(25)26)22(24(27)28)20(19)15-12-10-8-6-5-7-9-11-14-18(2)3/h16-18H,4-15H2,1-3H3,(H,25,26)(H,27,28). The maximum Gasteiger partial charge on any atom is 0.336 e. The van der Waals surface area contributed by atoms with Crippen LogP contribution in [-0.4, -0.2) is 22.2 Å². The fourth-order valence-corrected chi connectivity index (χ4v) is 3.82. The zero-order valence-electron chi connectivity index (χ0n) is 17.9. The molecule has 0 unspecified atom stereocenters. The molecule has 4 heteroatoms. The van der Waals surface area contributed by atoms with E-state index < -0.39 is 11.9 Å². The van der Waals surface area contributed by atoms with Gasteiger partial charge in [-0.15, -0.1) is 0 Å². The van der Waals surface area contributed by atoms with Crippen LogP contribution in [0.5, 0.6) is 0 Å². The van der Waals surface area contributed by atoms with E-state index in [1.54, 1.807) is 6.07 Å². The van der Waals surface area contributed by atoms with Gasteiger partial charge < -0.3 is 10.2 Å². The number of aromatic carboxylic acids is 2. The second kappa shape index (κ2) is 13.4. The molecule has 158 valence electrons. The van der Waals surface area contributed by atoms with Gasteiger partial charge in [0.1, 0.15) is 0 Å². The molecule has 1 aromatic carbocycles. The molecule has 28 heavy (non-hydrogen) atoms. The summed E-state index contributed by atoms with van der Waals surface area (Å²) in [6, 6.07) is 3.24. The van der Waals surface area contributed by atoms with Crippen molar-refractivity contribution in [3.63, 3.8) is 0 Å². The van der Waals surface area contributed by atoms with Crippen LogP contribution >= 0.6 is 0 Å². The van der Waals surface area contributed by atoms with Gasteiger partial charge in [0.2, 0.25) is 0 Å². The topological polar surface area (TPSA) is 74.6 Å². The molecule has 1 aromatic rings. The van der Waals surface area contributed by atoms with Crippen molar-refractivity contribution in [2.24, 2.45) is 5.92 Å². The molecule has 4 nitrogen and oxygen atoms in total. The molecule has 2 N–H and O–H groups in total. The van der Waals surface area contributed by atoms with Crippen LogP contribution in [0.15, 0.2) is 12.1 Å². The lowest BCUT2D eigenvalue weighted by atomic mass is 9.90. The third-order valence-corrected chi connectivity index (χ3v) is 5.33. The zero-order valence-corrected chi connectivity index (χ0v) is 17.9. The van der Waals surface area contributed by atoms with E-state index in [0.29, 0.717) is 6.42 Å². The van der Waals surface area contributed by atoms with E-state index in [4.69, 9.17) is 0 Å². The third kappa shape index (κ3) is 8.45. The van der Waals surface area contributed by atoms with Gasteiger partial charge in [0.15, 0.2) is 0 Å². The Morgan fingerprint density at radius 2 is 1.39 bits per heavy atom. The Labute approximate surface area is 170 Å². The molecular formula is C24H38O4. The first-order valence-corrected chi connectivity index (χ1v) is 11.0. The molecule has 0 radical (unpaired) electrons. The molecule has 0 amide bonds. The predicted molar refractivity (Wildman–Crippen MR) is 114 cm³/mol. The highest BCUT2D eigenvalue weighted by Gasteiger charge is 2.22. The van der Waals surface area contributed by atoms with Crippen LogP contribution in [-0.2, 0) is 12.8 Å². The smallest absolute Gasteiger partial charge is 0.336 e. The normalized spacial score (nSPS) is 11.1. The van der Waals surface area contributed by atoms with Crippen molar-refractivity contribution in [3.05, 3.63) is 34.4 Å². The highest BCUT2D eigenvalue weighted by molar-refractivity contribution is 6.03. The number of unbranched alkanes of at least 4 members (excludes halogenated alkanes) is 7. The molecule has 0 spiro atoms. The largest absolute Gasteiger partial charge is 0.478 e. The quantitative estimate of drug-likeness (QED) is 0.325. The van der Waals surface area contributed by atoms with Crippen LogP contribution in [0.4, 0.5) is 0 Å². The van der Waals surface area contributed by atoms with Crippen molar-refractivity contribution >= 4 is 11.9 Å². The van der Waals surface area contributed by atoms with Crippen molar-refractivity contribution in [2.75, 3.05) is 0 Å². The van der Waals surface area contributed by atoms with Gasteiger partial charge in [0.25, 0.3) is 0 Å². The van der Waals surface area contributed by atoms with E-state index in [2.05, 4.69) is 20.8 Å². The molecule has 0 aliphatic carbocycles. The van der Waals surface area contributed by atoms with Crippen LogP contribution in [0.25, 0.3) is 0 Å². The summed E-state index contributed by atoms with van der Waals surface area (Å²) >= 11 is 0. The van der Waals surface area contributed by atoms with E-state index in [1.165, 1.54) is 44.6 Å². The van der Waals surface area contributed by atoms with Crippen molar-refractivity contribution in [2.45, 2.75) is 97.8 Å². The van der Waals surface area contributed by atoms with Gasteiger partial charge in [-0.1, -0.05) is 84.6 Å². The monoisotopic (exact) mass is 390 g/mol. The lowest BCUT2D eigenvalue weighted by molar-refractivity contribution is 0.0650. The molecular weight excluding hydrogens is 352 g/mol. The Balaban J connectivity index is 2.53. The van der Waals surface area contributed by atoms with E-state index in [1.807, 2.05) is 0 Å². The number of hydrogen-bond donors (Lipinski definition) is 2. The summed E-state index contributed by atoms with van der Waals surface area (Å²) in [6.07, 6.45) is 13.2. The van der Waals surface area contributed by atoms with Crippen LogP contribution in [0.2, 0.25) is 0 Å². The van der Waals surface area contributed by atoms with Crippen LogP contribution in [0.3, 0.4) is 0 Å². The molecule has 0 aromatic heterocycles. The van der Waals surface area contributed by atoms with Crippen molar-refractivity contribution in [1.29, 1.82) is 0 Å². The minimum Gasteiger partial charge on any atom is -0.478 e. The average Bonchev–Trinajstić information content (AvgIpc) is 2.63. The molecule has 1 rings (SSSR count). The van der Waals surface area contributed by atoms with Crippen molar-refractivity contribution < 1.29 is 19.8 Å². The van der Waals surface area contributed by atoms with Crippen LogP contribution < -0.4 is 0 Å². The summed E-state index contributed by atoms with van der Waals surface area (Å²) < 4.78 is 0. The Hall–Kier alpha value is -1.84. The second-order valence-electron chi connectivity index (χ2n) is 8.25. The number of carboxylic acids is 2. The maximum atomic E-state index is 11.7. The number of rotatable bonds is 15. The summed E-state index contributed by atoms with van der Waals surface area (Å²) in [4.78, 5) is 23.2. The van der Waals surface area contributed by atoms with E-state index in [9.17, 15) is 19.8 Å². The molecule has 0 bridgehead atoms. The van der Waals surface area contributed by atoms with Gasteiger partial charge >= 0.3 is 11.9 Å². The minimum absolute atomic E-state index is 0.0106.